The van der Waals surface area contributed by atoms with Crippen LogP contribution in [0.3, 0.4) is 0 Å². The van der Waals surface area contributed by atoms with E-state index in [9.17, 15) is 9.59 Å². The number of fused-ring (bicyclic) bond motifs is 1. The van der Waals surface area contributed by atoms with Gasteiger partial charge in [-0.3, -0.25) is 9.59 Å². The van der Waals surface area contributed by atoms with Gasteiger partial charge in [-0.2, -0.15) is 0 Å². The summed E-state index contributed by atoms with van der Waals surface area (Å²) in [7, 11) is 0. The zero-order valence-corrected chi connectivity index (χ0v) is 12.7. The molecule has 0 radical (unpaired) electrons. The van der Waals surface area contributed by atoms with Crippen molar-refractivity contribution < 1.29 is 23.8 Å². The van der Waals surface area contributed by atoms with E-state index in [1.807, 2.05) is 0 Å². The summed E-state index contributed by atoms with van der Waals surface area (Å²) in [5.41, 5.74) is 0.405. The summed E-state index contributed by atoms with van der Waals surface area (Å²) >= 11 is 0. The van der Waals surface area contributed by atoms with E-state index in [1.165, 1.54) is 0 Å². The Morgan fingerprint density at radius 1 is 1.17 bits per heavy atom. The van der Waals surface area contributed by atoms with Crippen molar-refractivity contribution in [1.29, 1.82) is 0 Å². The van der Waals surface area contributed by atoms with Gasteiger partial charge in [0.05, 0.1) is 6.42 Å². The highest BCUT2D eigenvalue weighted by Crippen LogP contribution is 2.32. The Kier molecular flexibility index (Phi) is 4.85. The molecule has 0 fully saturated rings. The summed E-state index contributed by atoms with van der Waals surface area (Å²) in [6, 6.07) is 6.53. The summed E-state index contributed by atoms with van der Waals surface area (Å²) in [6.07, 6.45) is 3.29. The van der Waals surface area contributed by atoms with Gasteiger partial charge in [-0.25, -0.2) is 9.97 Å². The molecule has 8 nitrogen and oxygen atoms in total. The Bertz CT molecular complexity index is 736. The quantitative estimate of drug-likeness (QED) is 0.601. The van der Waals surface area contributed by atoms with Crippen molar-refractivity contribution in [2.24, 2.45) is 0 Å². The maximum absolute atomic E-state index is 12.0. The van der Waals surface area contributed by atoms with Crippen molar-refractivity contribution in [2.75, 3.05) is 25.3 Å². The van der Waals surface area contributed by atoms with Gasteiger partial charge in [-0.15, -0.1) is 0 Å². The largest absolute Gasteiger partial charge is 0.457 e. The molecule has 0 amide bonds. The van der Waals surface area contributed by atoms with Gasteiger partial charge in [-0.1, -0.05) is 0 Å². The van der Waals surface area contributed by atoms with Gasteiger partial charge in [0, 0.05) is 24.5 Å². The maximum Gasteiger partial charge on any atom is 0.308 e. The van der Waals surface area contributed by atoms with Crippen LogP contribution in [-0.2, 0) is 9.53 Å². The molecule has 124 valence electrons. The van der Waals surface area contributed by atoms with Crippen LogP contribution in [0.5, 0.6) is 11.5 Å². The molecule has 24 heavy (non-hydrogen) atoms. The van der Waals surface area contributed by atoms with E-state index in [-0.39, 0.29) is 25.6 Å². The number of hydrogen-bond acceptors (Lipinski definition) is 8. The normalized spacial score (nSPS) is 11.8. The molecule has 1 N–H and O–H groups in total. The Labute approximate surface area is 137 Å². The third-order valence-electron chi connectivity index (χ3n) is 3.24. The van der Waals surface area contributed by atoms with Crippen LogP contribution in [0.1, 0.15) is 16.8 Å². The average molecular weight is 329 g/mol. The average Bonchev–Trinajstić information content (AvgIpc) is 3.08. The minimum Gasteiger partial charge on any atom is -0.457 e. The molecular weight excluding hydrogens is 314 g/mol. The molecule has 0 saturated heterocycles. The number of nitrogens with one attached hydrogen (secondary N) is 1. The fourth-order valence-corrected chi connectivity index (χ4v) is 2.04. The number of nitrogens with zero attached hydrogens (tertiary/aromatic N) is 2. The second kappa shape index (κ2) is 7.40. The molecule has 0 saturated carbocycles. The Morgan fingerprint density at radius 3 is 2.79 bits per heavy atom. The summed E-state index contributed by atoms with van der Waals surface area (Å²) in [5.74, 6) is 0.757. The number of esters is 1. The van der Waals surface area contributed by atoms with Gasteiger partial charge in [0.25, 0.3) is 0 Å². The highest BCUT2D eigenvalue weighted by Gasteiger charge is 2.17. The minimum absolute atomic E-state index is 0.104. The summed E-state index contributed by atoms with van der Waals surface area (Å²) in [4.78, 5) is 31.6. The number of anilines is 1. The fraction of sp³-hybridized carbons (Fsp3) is 0.250. The van der Waals surface area contributed by atoms with Crippen molar-refractivity contribution in [1.82, 2.24) is 9.97 Å². The molecule has 0 unspecified atom stereocenters. The first-order valence-electron chi connectivity index (χ1n) is 7.32. The first-order valence-corrected chi connectivity index (χ1v) is 7.32. The summed E-state index contributed by atoms with van der Waals surface area (Å²) in [5, 5.41) is 2.88. The van der Waals surface area contributed by atoms with Gasteiger partial charge in [-0.05, 0) is 24.3 Å². The molecule has 2 heterocycles. The van der Waals surface area contributed by atoms with E-state index < -0.39 is 5.97 Å². The van der Waals surface area contributed by atoms with Crippen molar-refractivity contribution in [3.8, 4) is 11.5 Å². The molecule has 2 aromatic rings. The predicted octanol–water partition coefficient (Wildman–Crippen LogP) is 1.43. The van der Waals surface area contributed by atoms with Crippen LogP contribution in [0.2, 0.25) is 0 Å². The number of carbonyl (C=O) groups is 2. The van der Waals surface area contributed by atoms with E-state index in [2.05, 4.69) is 15.3 Å². The standard InChI is InChI=1S/C16H15N3O5/c20-12(11-2-3-13-14(8-11)24-10-23-13)9-22-15(21)4-7-19-16-17-5-1-6-18-16/h1-3,5-6,8H,4,7,9-10H2,(H,17,18,19). The smallest absolute Gasteiger partial charge is 0.308 e. The topological polar surface area (TPSA) is 99.6 Å². The van der Waals surface area contributed by atoms with Crippen molar-refractivity contribution in [3.05, 3.63) is 42.2 Å². The number of rotatable bonds is 7. The number of benzene rings is 1. The van der Waals surface area contributed by atoms with Crippen LogP contribution in [-0.4, -0.2) is 41.7 Å². The molecular formula is C16H15N3O5. The first-order chi connectivity index (χ1) is 11.7. The van der Waals surface area contributed by atoms with E-state index >= 15 is 0 Å². The van der Waals surface area contributed by atoms with Gasteiger partial charge in [0.15, 0.2) is 23.9 Å². The van der Waals surface area contributed by atoms with Gasteiger partial charge < -0.3 is 19.5 Å². The zero-order chi connectivity index (χ0) is 16.8. The van der Waals surface area contributed by atoms with Gasteiger partial charge in [0.2, 0.25) is 12.7 Å². The number of ketones is 1. The highest BCUT2D eigenvalue weighted by atomic mass is 16.7. The predicted molar refractivity (Wildman–Crippen MR) is 83.0 cm³/mol. The van der Waals surface area contributed by atoms with Gasteiger partial charge >= 0.3 is 5.97 Å². The molecule has 0 atom stereocenters. The lowest BCUT2D eigenvalue weighted by Gasteiger charge is -2.06. The second-order valence-corrected chi connectivity index (χ2v) is 4.90. The number of aromatic nitrogens is 2. The van der Waals surface area contributed by atoms with Crippen LogP contribution < -0.4 is 14.8 Å². The number of hydrogen-bond donors (Lipinski definition) is 1. The third kappa shape index (κ3) is 3.97. The molecule has 0 aliphatic carbocycles. The first kappa shape index (κ1) is 15.7. The molecule has 1 aromatic heterocycles. The zero-order valence-electron chi connectivity index (χ0n) is 12.7. The molecule has 0 bridgehead atoms. The lowest BCUT2D eigenvalue weighted by Crippen LogP contribution is -2.17. The molecule has 8 heteroatoms. The monoisotopic (exact) mass is 329 g/mol. The van der Waals surface area contributed by atoms with E-state index in [1.54, 1.807) is 36.7 Å². The Morgan fingerprint density at radius 2 is 1.96 bits per heavy atom. The molecule has 1 aliphatic heterocycles. The molecule has 1 aliphatic rings. The van der Waals surface area contributed by atoms with Gasteiger partial charge in [0.1, 0.15) is 0 Å². The Balaban J connectivity index is 1.41. The minimum atomic E-state index is -0.479. The number of carbonyl (C=O) groups excluding carboxylic acids is 2. The van der Waals surface area contributed by atoms with Crippen LogP contribution in [0.4, 0.5) is 5.95 Å². The summed E-state index contributed by atoms with van der Waals surface area (Å²) < 4.78 is 15.4. The third-order valence-corrected chi connectivity index (χ3v) is 3.24. The van der Waals surface area contributed by atoms with Crippen LogP contribution in [0.15, 0.2) is 36.7 Å². The van der Waals surface area contributed by atoms with E-state index in [4.69, 9.17) is 14.2 Å². The van der Waals surface area contributed by atoms with Crippen LogP contribution in [0, 0.1) is 0 Å². The van der Waals surface area contributed by atoms with Crippen molar-refractivity contribution in [2.45, 2.75) is 6.42 Å². The number of Topliss-reactive ketones (excluding diaryl/α,β-unsaturated/α-hetero) is 1. The lowest BCUT2D eigenvalue weighted by atomic mass is 10.1. The van der Waals surface area contributed by atoms with Crippen LogP contribution >= 0.6 is 0 Å². The molecule has 3 rings (SSSR count). The second-order valence-electron chi connectivity index (χ2n) is 4.90. The van der Waals surface area contributed by atoms with Crippen molar-refractivity contribution >= 4 is 17.7 Å². The lowest BCUT2D eigenvalue weighted by molar-refractivity contribution is -0.142. The molecule has 1 aromatic carbocycles. The SMILES string of the molecule is O=C(CCNc1ncccn1)OCC(=O)c1ccc2c(c1)OCO2. The Hall–Kier alpha value is -3.16. The van der Waals surface area contributed by atoms with Crippen LogP contribution in [0.25, 0.3) is 0 Å². The molecule has 0 spiro atoms. The van der Waals surface area contributed by atoms with Crippen molar-refractivity contribution in [3.63, 3.8) is 0 Å². The maximum atomic E-state index is 12.0. The highest BCUT2D eigenvalue weighted by molar-refractivity contribution is 5.98. The fourth-order valence-electron chi connectivity index (χ4n) is 2.04. The number of ether oxygens (including phenoxy) is 3. The summed E-state index contributed by atoms with van der Waals surface area (Å²) in [6.45, 7) is 0.140. The van der Waals surface area contributed by atoms with E-state index in [0.717, 1.165) is 0 Å². The van der Waals surface area contributed by atoms with E-state index in [0.29, 0.717) is 29.6 Å².